The van der Waals surface area contributed by atoms with Crippen LogP contribution in [0.4, 0.5) is 4.79 Å². The number of methoxy groups -OCH3 is 1. The molecule has 0 aromatic carbocycles. The summed E-state index contributed by atoms with van der Waals surface area (Å²) in [7, 11) is 1.59. The fraction of sp³-hybridized carbons (Fsp3) is 0.583. The maximum absolute atomic E-state index is 11.8. The molecule has 7 nitrogen and oxygen atoms in total. The van der Waals surface area contributed by atoms with Gasteiger partial charge in [0, 0.05) is 25.8 Å². The molecule has 1 aliphatic heterocycles. The fourth-order valence-corrected chi connectivity index (χ4v) is 1.92. The van der Waals surface area contributed by atoms with Crippen molar-refractivity contribution in [1.29, 1.82) is 0 Å². The Balaban J connectivity index is 2.54. The Hall–Kier alpha value is -1.89. The van der Waals surface area contributed by atoms with Gasteiger partial charge in [-0.15, -0.1) is 0 Å². The Morgan fingerprint density at radius 3 is 2.63 bits per heavy atom. The SMILES string of the molecule is COC1(C)CCCN(C(=O)NC(=O)/C=C/C(=O)O)C1. The number of carboxylic acid groups (broad SMARTS) is 1. The van der Waals surface area contributed by atoms with Crippen LogP contribution in [0, 0.1) is 0 Å². The lowest BCUT2D eigenvalue weighted by Gasteiger charge is -2.39. The second-order valence-electron chi connectivity index (χ2n) is 4.65. The number of aliphatic carboxylic acids is 1. The number of carboxylic acids is 1. The monoisotopic (exact) mass is 270 g/mol. The number of nitrogens with one attached hydrogen (secondary N) is 1. The lowest BCUT2D eigenvalue weighted by molar-refractivity contribution is -0.131. The van der Waals surface area contributed by atoms with Gasteiger partial charge in [0.05, 0.1) is 12.1 Å². The largest absolute Gasteiger partial charge is 0.478 e. The van der Waals surface area contributed by atoms with E-state index in [-0.39, 0.29) is 0 Å². The Morgan fingerprint density at radius 2 is 2.05 bits per heavy atom. The van der Waals surface area contributed by atoms with E-state index in [1.165, 1.54) is 4.90 Å². The van der Waals surface area contributed by atoms with Crippen molar-refractivity contribution >= 4 is 17.9 Å². The van der Waals surface area contributed by atoms with Crippen LogP contribution in [0.2, 0.25) is 0 Å². The first-order valence-corrected chi connectivity index (χ1v) is 5.92. The van der Waals surface area contributed by atoms with Crippen LogP contribution in [0.5, 0.6) is 0 Å². The third kappa shape index (κ3) is 4.70. The molecule has 0 spiro atoms. The first-order valence-electron chi connectivity index (χ1n) is 5.92. The molecular formula is C12H18N2O5. The summed E-state index contributed by atoms with van der Waals surface area (Å²) in [5.74, 6) is -2.00. The summed E-state index contributed by atoms with van der Waals surface area (Å²) < 4.78 is 5.34. The van der Waals surface area contributed by atoms with Crippen LogP contribution in [-0.4, -0.2) is 53.7 Å². The van der Waals surface area contributed by atoms with Gasteiger partial charge in [0.2, 0.25) is 0 Å². The summed E-state index contributed by atoms with van der Waals surface area (Å²) in [5.41, 5.74) is -0.407. The maximum Gasteiger partial charge on any atom is 0.328 e. The summed E-state index contributed by atoms with van der Waals surface area (Å²) in [6.45, 7) is 2.84. The van der Waals surface area contributed by atoms with Gasteiger partial charge in [-0.1, -0.05) is 0 Å². The van der Waals surface area contributed by atoms with Crippen LogP contribution < -0.4 is 5.32 Å². The molecule has 19 heavy (non-hydrogen) atoms. The first-order chi connectivity index (χ1) is 8.86. The van der Waals surface area contributed by atoms with E-state index in [1.807, 2.05) is 6.92 Å². The molecule has 1 fully saturated rings. The van der Waals surface area contributed by atoms with E-state index in [0.29, 0.717) is 19.2 Å². The summed E-state index contributed by atoms with van der Waals surface area (Å²) in [4.78, 5) is 34.8. The van der Waals surface area contributed by atoms with E-state index >= 15 is 0 Å². The van der Waals surface area contributed by atoms with Crippen LogP contribution in [-0.2, 0) is 14.3 Å². The molecule has 1 atom stereocenters. The van der Waals surface area contributed by atoms with Crippen LogP contribution in [0.3, 0.4) is 0 Å². The third-order valence-corrected chi connectivity index (χ3v) is 3.05. The highest BCUT2D eigenvalue weighted by Crippen LogP contribution is 2.23. The van der Waals surface area contributed by atoms with Gasteiger partial charge in [0.1, 0.15) is 0 Å². The predicted octanol–water partition coefficient (Wildman–Crippen LogP) is 0.364. The predicted molar refractivity (Wildman–Crippen MR) is 66.5 cm³/mol. The van der Waals surface area contributed by atoms with Crippen molar-refractivity contribution in [2.24, 2.45) is 0 Å². The van der Waals surface area contributed by atoms with Gasteiger partial charge in [-0.3, -0.25) is 10.1 Å². The topological polar surface area (TPSA) is 95.9 Å². The van der Waals surface area contributed by atoms with Crippen LogP contribution in [0.25, 0.3) is 0 Å². The molecule has 106 valence electrons. The van der Waals surface area contributed by atoms with E-state index in [4.69, 9.17) is 9.84 Å². The molecule has 1 unspecified atom stereocenters. The molecule has 1 heterocycles. The van der Waals surface area contributed by atoms with Crippen molar-refractivity contribution in [3.63, 3.8) is 0 Å². The van der Waals surface area contributed by atoms with E-state index in [1.54, 1.807) is 7.11 Å². The van der Waals surface area contributed by atoms with Crippen molar-refractivity contribution in [2.45, 2.75) is 25.4 Å². The van der Waals surface area contributed by atoms with Crippen molar-refractivity contribution in [1.82, 2.24) is 10.2 Å². The number of carbonyl (C=O) groups is 3. The van der Waals surface area contributed by atoms with Crippen LogP contribution >= 0.6 is 0 Å². The van der Waals surface area contributed by atoms with Crippen molar-refractivity contribution < 1.29 is 24.2 Å². The molecule has 0 radical (unpaired) electrons. The molecule has 3 amide bonds. The molecule has 2 N–H and O–H groups in total. The molecule has 0 bridgehead atoms. The molecular weight excluding hydrogens is 252 g/mol. The van der Waals surface area contributed by atoms with Gasteiger partial charge in [0.15, 0.2) is 0 Å². The zero-order chi connectivity index (χ0) is 14.5. The van der Waals surface area contributed by atoms with Gasteiger partial charge in [-0.2, -0.15) is 0 Å². The number of likely N-dealkylation sites (tertiary alicyclic amines) is 1. The minimum atomic E-state index is -1.24. The number of nitrogens with zero attached hydrogens (tertiary/aromatic N) is 1. The standard InChI is InChI=1S/C12H18N2O5/c1-12(19-2)6-3-7-14(8-12)11(18)13-9(15)4-5-10(16)17/h4-5H,3,6-8H2,1-2H3,(H,16,17)(H,13,15,18)/b5-4+. The second-order valence-corrected chi connectivity index (χ2v) is 4.65. The quantitative estimate of drug-likeness (QED) is 0.722. The van der Waals surface area contributed by atoms with E-state index in [9.17, 15) is 14.4 Å². The average molecular weight is 270 g/mol. The number of carbonyl (C=O) groups excluding carboxylic acids is 2. The average Bonchev–Trinajstić information content (AvgIpc) is 2.36. The highest BCUT2D eigenvalue weighted by atomic mass is 16.5. The van der Waals surface area contributed by atoms with Crippen molar-refractivity contribution in [3.8, 4) is 0 Å². The molecule has 0 aliphatic carbocycles. The molecule has 0 saturated carbocycles. The van der Waals surface area contributed by atoms with Gasteiger partial charge in [-0.05, 0) is 19.8 Å². The molecule has 1 rings (SSSR count). The Morgan fingerprint density at radius 1 is 1.37 bits per heavy atom. The minimum absolute atomic E-state index is 0.394. The zero-order valence-electron chi connectivity index (χ0n) is 11.0. The Kier molecular flexibility index (Phi) is 5.05. The molecule has 1 saturated heterocycles. The second kappa shape index (κ2) is 6.33. The summed E-state index contributed by atoms with van der Waals surface area (Å²) in [5, 5.41) is 10.5. The summed E-state index contributed by atoms with van der Waals surface area (Å²) >= 11 is 0. The molecule has 0 aromatic heterocycles. The molecule has 0 aromatic rings. The third-order valence-electron chi connectivity index (χ3n) is 3.05. The van der Waals surface area contributed by atoms with E-state index in [0.717, 1.165) is 18.9 Å². The number of rotatable bonds is 3. The normalized spacial score (nSPS) is 23.4. The van der Waals surface area contributed by atoms with Crippen molar-refractivity contribution in [2.75, 3.05) is 20.2 Å². The van der Waals surface area contributed by atoms with E-state index in [2.05, 4.69) is 5.32 Å². The maximum atomic E-state index is 11.8. The number of amides is 3. The number of ether oxygens (including phenoxy) is 1. The van der Waals surface area contributed by atoms with Gasteiger partial charge >= 0.3 is 12.0 Å². The summed E-state index contributed by atoms with van der Waals surface area (Å²) in [6, 6.07) is -0.539. The molecule has 1 aliphatic rings. The first kappa shape index (κ1) is 15.2. The number of hydrogen-bond donors (Lipinski definition) is 2. The molecule has 7 heteroatoms. The van der Waals surface area contributed by atoms with Crippen molar-refractivity contribution in [3.05, 3.63) is 12.2 Å². The smallest absolute Gasteiger partial charge is 0.328 e. The number of urea groups is 1. The zero-order valence-corrected chi connectivity index (χ0v) is 11.0. The highest BCUT2D eigenvalue weighted by Gasteiger charge is 2.33. The van der Waals surface area contributed by atoms with Crippen LogP contribution in [0.1, 0.15) is 19.8 Å². The lowest BCUT2D eigenvalue weighted by Crippen LogP contribution is -2.53. The van der Waals surface area contributed by atoms with Crippen LogP contribution in [0.15, 0.2) is 12.2 Å². The number of hydrogen-bond acceptors (Lipinski definition) is 4. The minimum Gasteiger partial charge on any atom is -0.478 e. The fourth-order valence-electron chi connectivity index (χ4n) is 1.92. The highest BCUT2D eigenvalue weighted by molar-refractivity contribution is 6.02. The van der Waals surface area contributed by atoms with Gasteiger partial charge in [-0.25, -0.2) is 9.59 Å². The lowest BCUT2D eigenvalue weighted by atomic mass is 9.95. The van der Waals surface area contributed by atoms with E-state index < -0.39 is 23.5 Å². The Labute approximate surface area is 111 Å². The Bertz CT molecular complexity index is 407. The summed E-state index contributed by atoms with van der Waals surface area (Å²) in [6.07, 6.45) is 3.12. The number of imide groups is 1. The number of piperidine rings is 1. The van der Waals surface area contributed by atoms with Gasteiger partial charge < -0.3 is 14.7 Å². The van der Waals surface area contributed by atoms with Gasteiger partial charge in [0.25, 0.3) is 5.91 Å².